The first-order chi connectivity index (χ1) is 9.08. The van der Waals surface area contributed by atoms with Gasteiger partial charge in [-0.3, -0.25) is 0 Å². The normalized spacial score (nSPS) is 14.1. The third-order valence-electron chi connectivity index (χ3n) is 3.45. The Morgan fingerprint density at radius 2 is 1.53 bits per heavy atom. The molecule has 1 unspecified atom stereocenters. The van der Waals surface area contributed by atoms with Crippen molar-refractivity contribution < 1.29 is 0 Å². The molecule has 0 heterocycles. The molecule has 0 spiro atoms. The van der Waals surface area contributed by atoms with E-state index >= 15 is 0 Å². The Kier molecular flexibility index (Phi) is 4.62. The van der Waals surface area contributed by atoms with Crippen molar-refractivity contribution in [3.05, 3.63) is 70.2 Å². The highest BCUT2D eigenvalue weighted by atomic mass is 35.5. The van der Waals surface area contributed by atoms with Crippen LogP contribution in [0.4, 0.5) is 0 Å². The average molecular weight is 274 g/mol. The van der Waals surface area contributed by atoms with Gasteiger partial charge >= 0.3 is 0 Å². The van der Waals surface area contributed by atoms with Crippen LogP contribution in [0.25, 0.3) is 0 Å². The van der Waals surface area contributed by atoms with Crippen LogP contribution in [0.1, 0.15) is 42.6 Å². The molecule has 0 bridgehead atoms. The van der Waals surface area contributed by atoms with Crippen molar-refractivity contribution in [1.29, 1.82) is 0 Å². The van der Waals surface area contributed by atoms with Crippen LogP contribution in [0.2, 0.25) is 5.02 Å². The summed E-state index contributed by atoms with van der Waals surface area (Å²) in [5.41, 5.74) is 3.72. The second-order valence-electron chi connectivity index (χ2n) is 5.04. The van der Waals surface area contributed by atoms with Gasteiger partial charge in [-0.2, -0.15) is 0 Å². The van der Waals surface area contributed by atoms with E-state index in [9.17, 15) is 0 Å². The summed E-state index contributed by atoms with van der Waals surface area (Å²) in [4.78, 5) is 0. The first-order valence-electron chi connectivity index (χ1n) is 6.65. The van der Waals surface area contributed by atoms with Gasteiger partial charge in [-0.1, -0.05) is 59.6 Å². The SMILES string of the molecule is Cc1ccc([C@H](C)NC(C)c2ccccc2Cl)cc1. The monoisotopic (exact) mass is 273 g/mol. The molecule has 0 radical (unpaired) electrons. The molecule has 1 nitrogen and oxygen atoms in total. The minimum atomic E-state index is 0.227. The van der Waals surface area contributed by atoms with E-state index in [1.807, 2.05) is 18.2 Å². The highest BCUT2D eigenvalue weighted by Gasteiger charge is 2.13. The largest absolute Gasteiger partial charge is 0.304 e. The van der Waals surface area contributed by atoms with Crippen LogP contribution in [0, 0.1) is 6.92 Å². The summed E-state index contributed by atoms with van der Waals surface area (Å²) >= 11 is 6.23. The number of benzene rings is 2. The van der Waals surface area contributed by atoms with Gasteiger partial charge in [0.15, 0.2) is 0 Å². The number of aryl methyl sites for hydroxylation is 1. The molecule has 0 fully saturated rings. The average Bonchev–Trinajstić information content (AvgIpc) is 2.39. The standard InChI is InChI=1S/C17H20ClN/c1-12-8-10-15(11-9-12)13(2)19-14(3)16-6-4-5-7-17(16)18/h4-11,13-14,19H,1-3H3/t13-,14?/m0/s1. The lowest BCUT2D eigenvalue weighted by atomic mass is 10.0. The molecule has 0 saturated heterocycles. The number of nitrogens with one attached hydrogen (secondary N) is 1. The quantitative estimate of drug-likeness (QED) is 0.821. The van der Waals surface area contributed by atoms with Crippen molar-refractivity contribution in [3.63, 3.8) is 0 Å². The molecule has 0 aliphatic carbocycles. The molecule has 0 amide bonds. The summed E-state index contributed by atoms with van der Waals surface area (Å²) < 4.78 is 0. The Hall–Kier alpha value is -1.31. The van der Waals surface area contributed by atoms with Gasteiger partial charge in [0, 0.05) is 17.1 Å². The Balaban J connectivity index is 2.08. The first kappa shape index (κ1) is 14.1. The summed E-state index contributed by atoms with van der Waals surface area (Å²) in [6, 6.07) is 17.2. The lowest BCUT2D eigenvalue weighted by Crippen LogP contribution is -2.22. The Morgan fingerprint density at radius 1 is 0.895 bits per heavy atom. The fraction of sp³-hybridized carbons (Fsp3) is 0.294. The predicted octanol–water partition coefficient (Wildman–Crippen LogP) is 5.06. The van der Waals surface area contributed by atoms with Crippen LogP contribution in [-0.2, 0) is 0 Å². The summed E-state index contributed by atoms with van der Waals surface area (Å²) in [7, 11) is 0. The molecule has 2 heteroatoms. The van der Waals surface area contributed by atoms with Gasteiger partial charge in [-0.05, 0) is 38.0 Å². The van der Waals surface area contributed by atoms with Crippen molar-refractivity contribution in [1.82, 2.24) is 5.32 Å². The van der Waals surface area contributed by atoms with E-state index in [2.05, 4.69) is 56.4 Å². The van der Waals surface area contributed by atoms with Gasteiger partial charge in [0.05, 0.1) is 0 Å². The van der Waals surface area contributed by atoms with Crippen LogP contribution in [0.15, 0.2) is 48.5 Å². The summed E-state index contributed by atoms with van der Waals surface area (Å²) in [5, 5.41) is 4.41. The molecule has 19 heavy (non-hydrogen) atoms. The van der Waals surface area contributed by atoms with Crippen LogP contribution < -0.4 is 5.32 Å². The Labute approximate surface area is 120 Å². The van der Waals surface area contributed by atoms with E-state index in [4.69, 9.17) is 11.6 Å². The molecule has 2 aromatic rings. The third kappa shape index (κ3) is 3.59. The summed E-state index contributed by atoms with van der Waals surface area (Å²) in [6.45, 7) is 6.43. The molecule has 2 rings (SSSR count). The zero-order chi connectivity index (χ0) is 13.8. The number of halogens is 1. The minimum absolute atomic E-state index is 0.227. The van der Waals surface area contributed by atoms with E-state index in [0.717, 1.165) is 10.6 Å². The lowest BCUT2D eigenvalue weighted by molar-refractivity contribution is 0.495. The summed E-state index contributed by atoms with van der Waals surface area (Å²) in [5.74, 6) is 0. The Bertz CT molecular complexity index is 533. The van der Waals surface area contributed by atoms with Crippen LogP contribution in [0.3, 0.4) is 0 Å². The molecule has 2 atom stereocenters. The van der Waals surface area contributed by atoms with E-state index in [1.54, 1.807) is 0 Å². The van der Waals surface area contributed by atoms with Gasteiger partial charge in [-0.15, -0.1) is 0 Å². The van der Waals surface area contributed by atoms with Crippen molar-refractivity contribution >= 4 is 11.6 Å². The maximum absolute atomic E-state index is 6.23. The van der Waals surface area contributed by atoms with Crippen molar-refractivity contribution in [2.24, 2.45) is 0 Å². The van der Waals surface area contributed by atoms with Gasteiger partial charge in [-0.25, -0.2) is 0 Å². The maximum Gasteiger partial charge on any atom is 0.0453 e. The predicted molar refractivity (Wildman–Crippen MR) is 82.6 cm³/mol. The topological polar surface area (TPSA) is 12.0 Å². The maximum atomic E-state index is 6.23. The van der Waals surface area contributed by atoms with Crippen LogP contribution in [0.5, 0.6) is 0 Å². The number of hydrogen-bond donors (Lipinski definition) is 1. The Morgan fingerprint density at radius 3 is 2.16 bits per heavy atom. The van der Waals surface area contributed by atoms with E-state index in [1.165, 1.54) is 11.1 Å². The van der Waals surface area contributed by atoms with Crippen molar-refractivity contribution in [2.75, 3.05) is 0 Å². The first-order valence-corrected chi connectivity index (χ1v) is 7.03. The van der Waals surface area contributed by atoms with Gasteiger partial charge in [0.1, 0.15) is 0 Å². The number of hydrogen-bond acceptors (Lipinski definition) is 1. The van der Waals surface area contributed by atoms with Crippen LogP contribution in [-0.4, -0.2) is 0 Å². The second kappa shape index (κ2) is 6.23. The molecule has 100 valence electrons. The molecule has 1 N–H and O–H groups in total. The smallest absolute Gasteiger partial charge is 0.0453 e. The number of rotatable bonds is 4. The zero-order valence-electron chi connectivity index (χ0n) is 11.7. The van der Waals surface area contributed by atoms with Gasteiger partial charge < -0.3 is 5.32 Å². The van der Waals surface area contributed by atoms with E-state index in [-0.39, 0.29) is 6.04 Å². The van der Waals surface area contributed by atoms with Crippen molar-refractivity contribution in [2.45, 2.75) is 32.9 Å². The van der Waals surface area contributed by atoms with Crippen LogP contribution >= 0.6 is 11.6 Å². The molecule has 0 aromatic heterocycles. The molecule has 0 aliphatic heterocycles. The second-order valence-corrected chi connectivity index (χ2v) is 5.45. The fourth-order valence-corrected chi connectivity index (χ4v) is 2.54. The van der Waals surface area contributed by atoms with E-state index in [0.29, 0.717) is 6.04 Å². The highest BCUT2D eigenvalue weighted by molar-refractivity contribution is 6.31. The van der Waals surface area contributed by atoms with Gasteiger partial charge in [0.25, 0.3) is 0 Å². The third-order valence-corrected chi connectivity index (χ3v) is 3.79. The zero-order valence-corrected chi connectivity index (χ0v) is 12.4. The molecule has 0 saturated carbocycles. The highest BCUT2D eigenvalue weighted by Crippen LogP contribution is 2.25. The molecule has 2 aromatic carbocycles. The minimum Gasteiger partial charge on any atom is -0.304 e. The summed E-state index contributed by atoms with van der Waals surface area (Å²) in [6.07, 6.45) is 0. The van der Waals surface area contributed by atoms with Gasteiger partial charge in [0.2, 0.25) is 0 Å². The van der Waals surface area contributed by atoms with Crippen molar-refractivity contribution in [3.8, 4) is 0 Å². The fourth-order valence-electron chi connectivity index (χ4n) is 2.24. The molecule has 0 aliphatic rings. The lowest BCUT2D eigenvalue weighted by Gasteiger charge is -2.21. The molecular weight excluding hydrogens is 254 g/mol. The van der Waals surface area contributed by atoms with E-state index < -0.39 is 0 Å². The molecular formula is C17H20ClN.